The van der Waals surface area contributed by atoms with Crippen LogP contribution in [0.25, 0.3) is 0 Å². The van der Waals surface area contributed by atoms with Crippen molar-refractivity contribution in [1.82, 2.24) is 10.2 Å². The van der Waals surface area contributed by atoms with Crippen LogP contribution < -0.4 is 14.4 Å². The van der Waals surface area contributed by atoms with Gasteiger partial charge in [0.15, 0.2) is 0 Å². The van der Waals surface area contributed by atoms with Crippen molar-refractivity contribution in [3.8, 4) is 5.75 Å². The number of likely N-dealkylation sites (N-methyl/N-ethyl adjacent to an activating group) is 1. The van der Waals surface area contributed by atoms with Crippen LogP contribution >= 0.6 is 11.8 Å². The molecule has 1 atom stereocenters. The summed E-state index contributed by atoms with van der Waals surface area (Å²) in [5.41, 5.74) is 0.862. The lowest BCUT2D eigenvalue weighted by Crippen LogP contribution is -2.51. The minimum atomic E-state index is -4.18. The molecule has 40 heavy (non-hydrogen) atoms. The van der Waals surface area contributed by atoms with Gasteiger partial charge in [0.2, 0.25) is 11.8 Å². The number of hydrogen-bond acceptors (Lipinski definition) is 6. The lowest BCUT2D eigenvalue weighted by molar-refractivity contribution is -0.140. The Balaban J connectivity index is 2.05. The molecule has 0 radical (unpaired) electrons. The lowest BCUT2D eigenvalue weighted by atomic mass is 10.1. The second kappa shape index (κ2) is 14.2. The minimum Gasteiger partial charge on any atom is -0.494 e. The van der Waals surface area contributed by atoms with E-state index in [9.17, 15) is 22.4 Å². The van der Waals surface area contributed by atoms with Gasteiger partial charge in [-0.25, -0.2) is 12.8 Å². The van der Waals surface area contributed by atoms with Crippen LogP contribution in [0.2, 0.25) is 0 Å². The Kier molecular flexibility index (Phi) is 11.0. The summed E-state index contributed by atoms with van der Waals surface area (Å²) in [6.07, 6.45) is 2.18. The molecule has 3 rings (SSSR count). The number of carbonyl (C=O) groups excluding carboxylic acids is 2. The molecule has 3 aromatic rings. The summed E-state index contributed by atoms with van der Waals surface area (Å²) in [6, 6.07) is 17.6. The number of carbonyl (C=O) groups is 2. The van der Waals surface area contributed by atoms with Gasteiger partial charge < -0.3 is 15.0 Å². The first-order chi connectivity index (χ1) is 19.1. The summed E-state index contributed by atoms with van der Waals surface area (Å²) in [4.78, 5) is 28.9. The zero-order chi connectivity index (χ0) is 29.3. The largest absolute Gasteiger partial charge is 0.494 e. The molecule has 0 fully saturated rings. The van der Waals surface area contributed by atoms with E-state index in [1.807, 2.05) is 13.2 Å². The molecule has 0 aliphatic heterocycles. The molecule has 0 spiro atoms. The summed E-state index contributed by atoms with van der Waals surface area (Å²) < 4.78 is 47.9. The monoisotopic (exact) mass is 587 g/mol. The first kappa shape index (κ1) is 31.0. The van der Waals surface area contributed by atoms with E-state index in [1.54, 1.807) is 43.3 Å². The van der Waals surface area contributed by atoms with Crippen molar-refractivity contribution in [1.29, 1.82) is 0 Å². The Morgan fingerprint density at radius 1 is 0.975 bits per heavy atom. The number of benzene rings is 3. The molecule has 0 saturated carbocycles. The van der Waals surface area contributed by atoms with E-state index in [4.69, 9.17) is 4.74 Å². The van der Waals surface area contributed by atoms with Crippen molar-refractivity contribution in [2.24, 2.45) is 0 Å². The van der Waals surface area contributed by atoms with Gasteiger partial charge in [-0.05, 0) is 85.8 Å². The van der Waals surface area contributed by atoms with Crippen LogP contribution in [0.3, 0.4) is 0 Å². The van der Waals surface area contributed by atoms with Crippen molar-refractivity contribution in [3.05, 3.63) is 84.2 Å². The third-order valence-corrected chi connectivity index (χ3v) is 8.79. The highest BCUT2D eigenvalue weighted by atomic mass is 32.2. The molecule has 0 unspecified atom stereocenters. The molecular formula is C29H34FN3O5S2. The molecule has 0 aromatic heterocycles. The molecule has 214 valence electrons. The Morgan fingerprint density at radius 2 is 1.60 bits per heavy atom. The van der Waals surface area contributed by atoms with Crippen LogP contribution in [0.1, 0.15) is 25.8 Å². The molecule has 3 aromatic carbocycles. The maximum Gasteiger partial charge on any atom is 0.264 e. The van der Waals surface area contributed by atoms with E-state index >= 15 is 0 Å². The molecule has 0 heterocycles. The van der Waals surface area contributed by atoms with Crippen LogP contribution in [-0.2, 0) is 26.2 Å². The van der Waals surface area contributed by atoms with Gasteiger partial charge in [-0.3, -0.25) is 13.9 Å². The minimum absolute atomic E-state index is 0.00930. The summed E-state index contributed by atoms with van der Waals surface area (Å²) in [6.45, 7) is 3.48. The smallest absolute Gasteiger partial charge is 0.264 e. The highest BCUT2D eigenvalue weighted by molar-refractivity contribution is 7.98. The molecule has 0 aliphatic carbocycles. The highest BCUT2D eigenvalue weighted by Gasteiger charge is 2.33. The molecule has 2 amide bonds. The van der Waals surface area contributed by atoms with E-state index in [1.165, 1.54) is 60.1 Å². The van der Waals surface area contributed by atoms with Crippen LogP contribution in [0, 0.1) is 5.82 Å². The number of hydrogen-bond donors (Lipinski definition) is 1. The summed E-state index contributed by atoms with van der Waals surface area (Å²) >= 11 is 1.48. The quantitative estimate of drug-likeness (QED) is 0.292. The van der Waals surface area contributed by atoms with Gasteiger partial charge in [0.05, 0.1) is 17.2 Å². The molecule has 0 saturated heterocycles. The van der Waals surface area contributed by atoms with E-state index in [-0.39, 0.29) is 23.0 Å². The van der Waals surface area contributed by atoms with Crippen molar-refractivity contribution < 1.29 is 27.1 Å². The number of nitrogens with one attached hydrogen (secondary N) is 1. The molecule has 8 nitrogen and oxygen atoms in total. The van der Waals surface area contributed by atoms with Crippen molar-refractivity contribution in [2.75, 3.05) is 30.8 Å². The normalized spacial score (nSPS) is 11.9. The predicted molar refractivity (Wildman–Crippen MR) is 155 cm³/mol. The average molecular weight is 588 g/mol. The predicted octanol–water partition coefficient (Wildman–Crippen LogP) is 4.70. The zero-order valence-corrected chi connectivity index (χ0v) is 24.6. The van der Waals surface area contributed by atoms with Gasteiger partial charge in [-0.2, -0.15) is 0 Å². The fraction of sp³-hybridized carbons (Fsp3) is 0.310. The second-order valence-electron chi connectivity index (χ2n) is 8.80. The first-order valence-electron chi connectivity index (χ1n) is 12.8. The summed E-state index contributed by atoms with van der Waals surface area (Å²) in [5.74, 6) is -0.845. The number of anilines is 1. The van der Waals surface area contributed by atoms with Gasteiger partial charge in [-0.1, -0.05) is 19.1 Å². The third-order valence-electron chi connectivity index (χ3n) is 6.26. The van der Waals surface area contributed by atoms with E-state index in [2.05, 4.69) is 5.32 Å². The number of halogens is 1. The number of thioether (sulfide) groups is 1. The van der Waals surface area contributed by atoms with E-state index < -0.39 is 34.3 Å². The van der Waals surface area contributed by atoms with Gasteiger partial charge in [0.1, 0.15) is 24.2 Å². The molecule has 0 bridgehead atoms. The van der Waals surface area contributed by atoms with Crippen LogP contribution in [0.5, 0.6) is 5.75 Å². The Bertz CT molecular complexity index is 1380. The molecule has 1 N–H and O–H groups in total. The molecular weight excluding hydrogens is 553 g/mol. The Hall–Kier alpha value is -3.57. The van der Waals surface area contributed by atoms with E-state index in [0.29, 0.717) is 24.3 Å². The summed E-state index contributed by atoms with van der Waals surface area (Å²) in [5, 5.41) is 2.58. The maximum atomic E-state index is 13.9. The van der Waals surface area contributed by atoms with Gasteiger partial charge >= 0.3 is 0 Å². The SMILES string of the molecule is CCOc1ccc(N(CC(=O)N(Cc2ccc(F)cc2)[C@H](CC)C(=O)NC)S(=O)(=O)c2ccc(SC)cc2)cc1. The number of amides is 2. The van der Waals surface area contributed by atoms with E-state index in [0.717, 1.165) is 9.20 Å². The average Bonchev–Trinajstić information content (AvgIpc) is 2.97. The Labute approximate surface area is 239 Å². The van der Waals surface area contributed by atoms with Gasteiger partial charge in [0.25, 0.3) is 10.0 Å². The van der Waals surface area contributed by atoms with Gasteiger partial charge in [-0.15, -0.1) is 11.8 Å². The number of ether oxygens (including phenoxy) is 1. The zero-order valence-electron chi connectivity index (χ0n) is 23.0. The fourth-order valence-corrected chi connectivity index (χ4v) is 5.97. The summed E-state index contributed by atoms with van der Waals surface area (Å²) in [7, 11) is -2.71. The maximum absolute atomic E-state index is 13.9. The number of sulfonamides is 1. The highest BCUT2D eigenvalue weighted by Crippen LogP contribution is 2.28. The first-order valence-corrected chi connectivity index (χ1v) is 15.5. The third kappa shape index (κ3) is 7.54. The fourth-order valence-electron chi connectivity index (χ4n) is 4.15. The topological polar surface area (TPSA) is 96.0 Å². The molecule has 11 heteroatoms. The standard InChI is InChI=1S/C29H34FN3O5S2/c1-5-27(29(35)31-3)32(19-21-7-9-22(30)10-8-21)28(34)20-33(23-11-13-24(14-12-23)38-6-2)40(36,37)26-17-15-25(39-4)16-18-26/h7-18,27H,5-6,19-20H2,1-4H3,(H,31,35)/t27-/m1/s1. The molecule has 0 aliphatic rings. The van der Waals surface area contributed by atoms with Crippen molar-refractivity contribution in [2.45, 2.75) is 42.6 Å². The van der Waals surface area contributed by atoms with Crippen LogP contribution in [0.15, 0.2) is 82.6 Å². The van der Waals surface area contributed by atoms with Crippen molar-refractivity contribution in [3.63, 3.8) is 0 Å². The van der Waals surface area contributed by atoms with Crippen LogP contribution in [0.4, 0.5) is 10.1 Å². The second-order valence-corrected chi connectivity index (χ2v) is 11.5. The van der Waals surface area contributed by atoms with Gasteiger partial charge in [0, 0.05) is 18.5 Å². The Morgan fingerprint density at radius 3 is 2.12 bits per heavy atom. The lowest BCUT2D eigenvalue weighted by Gasteiger charge is -2.33. The number of nitrogens with zero attached hydrogens (tertiary/aromatic N) is 2. The number of rotatable bonds is 13. The van der Waals surface area contributed by atoms with Crippen LogP contribution in [-0.4, -0.2) is 57.6 Å². The van der Waals surface area contributed by atoms with Crippen molar-refractivity contribution >= 4 is 39.3 Å².